The smallest absolute Gasteiger partial charge is 0.358 e. The van der Waals surface area contributed by atoms with Crippen LogP contribution in [-0.4, -0.2) is 22.1 Å². The maximum absolute atomic E-state index is 12.0. The second kappa shape index (κ2) is 7.49. The monoisotopic (exact) mass is 342 g/mol. The zero-order chi connectivity index (χ0) is 17.6. The number of ether oxygens (including phenoxy) is 1. The standard InChI is InChI=1S/C16H19N7O2/c1-12(2)22-19-20-23(21-22)18-16(24)17-13-8-10-15(11-9-13)25-14-6-4-3-5-7-14/h3-12,21H,1-2H3,(H2,17,18,24)/p+1. The number of carbonyl (C=O) groups excluding carboxylic acids is 1. The Morgan fingerprint density at radius 2 is 1.80 bits per heavy atom. The number of nitrogens with zero attached hydrogens (tertiary/aromatic N) is 3. The fourth-order valence-electron chi connectivity index (χ4n) is 2.01. The number of nitrogens with one attached hydrogen (secondary N) is 4. The van der Waals surface area contributed by atoms with Gasteiger partial charge >= 0.3 is 6.03 Å². The van der Waals surface area contributed by atoms with Gasteiger partial charge in [-0.05, 0) is 55.4 Å². The molecule has 2 aromatic rings. The fourth-order valence-corrected chi connectivity index (χ4v) is 2.01. The van der Waals surface area contributed by atoms with Gasteiger partial charge in [-0.1, -0.05) is 23.7 Å². The average molecular weight is 342 g/mol. The Kier molecular flexibility index (Phi) is 4.95. The summed E-state index contributed by atoms with van der Waals surface area (Å²) in [5.41, 5.74) is 8.73. The molecule has 0 saturated heterocycles. The van der Waals surface area contributed by atoms with Gasteiger partial charge in [0, 0.05) is 5.69 Å². The summed E-state index contributed by atoms with van der Waals surface area (Å²) in [6.45, 7) is 3.94. The van der Waals surface area contributed by atoms with Crippen molar-refractivity contribution in [3.05, 3.63) is 54.6 Å². The number of amides is 2. The molecular formula is C16H20N7O2+. The number of carbonyl (C=O) groups is 1. The van der Waals surface area contributed by atoms with Crippen molar-refractivity contribution in [2.45, 2.75) is 19.9 Å². The normalized spacial score (nSPS) is 13.6. The number of anilines is 1. The molecule has 1 aliphatic heterocycles. The van der Waals surface area contributed by atoms with Crippen molar-refractivity contribution in [3.63, 3.8) is 0 Å². The SMILES string of the molecule is CC(C)N1NN=[N+](NC(=O)Nc2ccc(Oc3ccccc3)cc2)N1. The number of para-hydroxylation sites is 1. The summed E-state index contributed by atoms with van der Waals surface area (Å²) in [6, 6.07) is 16.3. The van der Waals surface area contributed by atoms with E-state index >= 15 is 0 Å². The largest absolute Gasteiger partial charge is 0.457 e. The molecule has 0 saturated carbocycles. The molecular weight excluding hydrogens is 322 g/mol. The number of hydrogen-bond donors (Lipinski definition) is 4. The molecule has 0 atom stereocenters. The minimum absolute atomic E-state index is 0.163. The van der Waals surface area contributed by atoms with Crippen LogP contribution >= 0.6 is 0 Å². The summed E-state index contributed by atoms with van der Waals surface area (Å²) in [5.74, 6) is 1.44. The number of hydrogen-bond acceptors (Lipinski definition) is 6. The lowest BCUT2D eigenvalue weighted by Crippen LogP contribution is -2.51. The summed E-state index contributed by atoms with van der Waals surface area (Å²) in [4.78, 5) is 13.2. The van der Waals surface area contributed by atoms with E-state index in [4.69, 9.17) is 4.74 Å². The molecule has 2 amide bonds. The zero-order valence-electron chi connectivity index (χ0n) is 13.9. The highest BCUT2D eigenvalue weighted by Crippen LogP contribution is 2.22. The molecule has 3 rings (SSSR count). The van der Waals surface area contributed by atoms with E-state index in [1.165, 1.54) is 4.92 Å². The van der Waals surface area contributed by atoms with E-state index in [0.29, 0.717) is 11.4 Å². The lowest BCUT2D eigenvalue weighted by Gasteiger charge is -2.11. The minimum Gasteiger partial charge on any atom is -0.457 e. The summed E-state index contributed by atoms with van der Waals surface area (Å²) in [5, 5.41) is 8.23. The van der Waals surface area contributed by atoms with Crippen LogP contribution in [0.4, 0.5) is 10.5 Å². The Morgan fingerprint density at radius 3 is 2.44 bits per heavy atom. The van der Waals surface area contributed by atoms with Crippen LogP contribution < -0.4 is 26.5 Å². The van der Waals surface area contributed by atoms with Crippen LogP contribution in [0, 0.1) is 0 Å². The van der Waals surface area contributed by atoms with Crippen molar-refractivity contribution in [2.24, 2.45) is 5.22 Å². The average Bonchev–Trinajstić information content (AvgIpc) is 3.06. The second-order valence-electron chi connectivity index (χ2n) is 5.58. The van der Waals surface area contributed by atoms with Gasteiger partial charge < -0.3 is 10.1 Å². The van der Waals surface area contributed by atoms with Crippen molar-refractivity contribution in [2.75, 3.05) is 5.32 Å². The van der Waals surface area contributed by atoms with Gasteiger partial charge in [0.15, 0.2) is 5.22 Å². The quantitative estimate of drug-likeness (QED) is 0.627. The Labute approximate surface area is 145 Å². The molecule has 0 fully saturated rings. The molecule has 0 aliphatic carbocycles. The van der Waals surface area contributed by atoms with Crippen molar-refractivity contribution in [3.8, 4) is 11.5 Å². The highest BCUT2D eigenvalue weighted by atomic mass is 16.5. The highest BCUT2D eigenvalue weighted by molar-refractivity contribution is 5.88. The van der Waals surface area contributed by atoms with E-state index in [1.807, 2.05) is 44.2 Å². The van der Waals surface area contributed by atoms with Crippen LogP contribution in [0.3, 0.4) is 0 Å². The third-order valence-electron chi connectivity index (χ3n) is 3.27. The molecule has 1 aliphatic rings. The van der Waals surface area contributed by atoms with Gasteiger partial charge in [-0.3, -0.25) is 0 Å². The molecule has 0 aromatic heterocycles. The maximum atomic E-state index is 12.0. The number of benzene rings is 2. The van der Waals surface area contributed by atoms with Gasteiger partial charge in [0.1, 0.15) is 11.5 Å². The lowest BCUT2D eigenvalue weighted by atomic mass is 10.3. The van der Waals surface area contributed by atoms with Crippen LogP contribution in [-0.2, 0) is 0 Å². The predicted octanol–water partition coefficient (Wildman–Crippen LogP) is 2.54. The van der Waals surface area contributed by atoms with Crippen molar-refractivity contribution < 1.29 is 14.4 Å². The molecule has 9 heteroatoms. The van der Waals surface area contributed by atoms with Crippen LogP contribution in [0.15, 0.2) is 59.8 Å². The van der Waals surface area contributed by atoms with Crippen molar-refractivity contribution in [1.29, 1.82) is 0 Å². The van der Waals surface area contributed by atoms with E-state index in [0.717, 1.165) is 5.75 Å². The third-order valence-corrected chi connectivity index (χ3v) is 3.27. The first-order valence-corrected chi connectivity index (χ1v) is 7.83. The molecule has 1 heterocycles. The molecule has 9 nitrogen and oxygen atoms in total. The number of urea groups is 1. The number of hydrazine groups is 4. The summed E-state index contributed by atoms with van der Waals surface area (Å²) < 4.78 is 5.70. The topological polar surface area (TPSA) is 93.0 Å². The van der Waals surface area contributed by atoms with Gasteiger partial charge in [0.05, 0.1) is 11.0 Å². The van der Waals surface area contributed by atoms with Gasteiger partial charge in [-0.15, -0.1) is 11.0 Å². The van der Waals surface area contributed by atoms with Crippen molar-refractivity contribution >= 4 is 11.7 Å². The molecule has 0 unspecified atom stereocenters. The van der Waals surface area contributed by atoms with Gasteiger partial charge in [-0.2, -0.15) is 0 Å². The first-order valence-electron chi connectivity index (χ1n) is 7.83. The van der Waals surface area contributed by atoms with Crippen LogP contribution in [0.25, 0.3) is 0 Å². The third kappa shape index (κ3) is 4.58. The summed E-state index contributed by atoms with van der Waals surface area (Å²) in [7, 11) is 0. The molecule has 2 aromatic carbocycles. The minimum atomic E-state index is -0.430. The molecule has 25 heavy (non-hydrogen) atoms. The van der Waals surface area contributed by atoms with Gasteiger partial charge in [-0.25, -0.2) is 4.79 Å². The first-order chi connectivity index (χ1) is 12.1. The van der Waals surface area contributed by atoms with Gasteiger partial charge in [0.2, 0.25) is 0 Å². The van der Waals surface area contributed by atoms with Crippen LogP contribution in [0.2, 0.25) is 0 Å². The van der Waals surface area contributed by atoms with Crippen LogP contribution in [0.1, 0.15) is 13.8 Å². The zero-order valence-corrected chi connectivity index (χ0v) is 13.9. The molecule has 0 bridgehead atoms. The van der Waals surface area contributed by atoms with Gasteiger partial charge in [0.25, 0.3) is 0 Å². The fraction of sp³-hybridized carbons (Fsp3) is 0.188. The first kappa shape index (κ1) is 16.5. The summed E-state index contributed by atoms with van der Waals surface area (Å²) in [6.07, 6.45) is 0. The molecule has 130 valence electrons. The Morgan fingerprint density at radius 1 is 1.12 bits per heavy atom. The van der Waals surface area contributed by atoms with E-state index in [1.54, 1.807) is 29.4 Å². The predicted molar refractivity (Wildman–Crippen MR) is 91.0 cm³/mol. The highest BCUT2D eigenvalue weighted by Gasteiger charge is 2.25. The Balaban J connectivity index is 1.50. The van der Waals surface area contributed by atoms with E-state index in [-0.39, 0.29) is 6.04 Å². The second-order valence-corrected chi connectivity index (χ2v) is 5.58. The number of rotatable bonds is 5. The Hall–Kier alpha value is -3.33. The molecule has 0 radical (unpaired) electrons. The molecule has 0 spiro atoms. The van der Waals surface area contributed by atoms with Crippen molar-refractivity contribution in [1.82, 2.24) is 21.6 Å². The van der Waals surface area contributed by atoms with Crippen LogP contribution in [0.5, 0.6) is 11.5 Å². The lowest BCUT2D eigenvalue weighted by molar-refractivity contribution is -0.691. The van der Waals surface area contributed by atoms with E-state index in [2.05, 4.69) is 27.0 Å². The van der Waals surface area contributed by atoms with E-state index in [9.17, 15) is 4.79 Å². The van der Waals surface area contributed by atoms with E-state index < -0.39 is 6.03 Å². The summed E-state index contributed by atoms with van der Waals surface area (Å²) >= 11 is 0. The Bertz CT molecular complexity index is 747. The maximum Gasteiger partial charge on any atom is 0.358 e. The molecule has 4 N–H and O–H groups in total.